The molecule has 1 heterocycles. The fraction of sp³-hybridized carbons (Fsp3) is 0.364. The molecule has 2 amide bonds. The zero-order valence-electron chi connectivity index (χ0n) is 17.4. The maximum absolute atomic E-state index is 12.8. The van der Waals surface area contributed by atoms with E-state index in [0.29, 0.717) is 24.3 Å². The van der Waals surface area contributed by atoms with E-state index in [0.717, 1.165) is 24.1 Å². The lowest BCUT2D eigenvalue weighted by molar-refractivity contribution is -0.119. The number of carbonyl (C=O) groups excluding carboxylic acids is 2. The molecule has 7 nitrogen and oxygen atoms in total. The van der Waals surface area contributed by atoms with Crippen molar-refractivity contribution >= 4 is 38.9 Å². The van der Waals surface area contributed by atoms with E-state index < -0.39 is 10.0 Å². The highest BCUT2D eigenvalue weighted by Gasteiger charge is 2.22. The number of nitrogens with zero attached hydrogens (tertiary/aromatic N) is 1. The third kappa shape index (κ3) is 4.81. The lowest BCUT2D eigenvalue weighted by Crippen LogP contribution is -2.34. The molecule has 1 aliphatic rings. The molecule has 0 bridgehead atoms. The van der Waals surface area contributed by atoms with Crippen molar-refractivity contribution in [3.8, 4) is 0 Å². The number of amides is 2. The molecule has 0 aliphatic carbocycles. The molecular weight excluding hydrogens is 402 g/mol. The first kappa shape index (κ1) is 21.8. The van der Waals surface area contributed by atoms with E-state index in [1.807, 2.05) is 6.92 Å². The minimum atomic E-state index is -3.78. The number of nitrogens with one attached hydrogen (secondary N) is 2. The van der Waals surface area contributed by atoms with E-state index in [1.54, 1.807) is 49.1 Å². The van der Waals surface area contributed by atoms with Crippen molar-refractivity contribution in [1.82, 2.24) is 0 Å². The van der Waals surface area contributed by atoms with Crippen LogP contribution < -0.4 is 14.9 Å². The van der Waals surface area contributed by atoms with Gasteiger partial charge in [0.1, 0.15) is 0 Å². The summed E-state index contributed by atoms with van der Waals surface area (Å²) in [5, 5.41) is 2.74. The molecule has 0 spiro atoms. The number of rotatable bonds is 6. The SMILES string of the molecule is CCC(=O)N1CCCc2cc(NS(=O)(=O)c3ccc(NC(=O)C(C)C)cc3)ccc21. The predicted molar refractivity (Wildman–Crippen MR) is 118 cm³/mol. The number of aryl methyl sites for hydroxylation is 1. The predicted octanol–water partition coefficient (Wildman–Crippen LogP) is 3.77. The Labute approximate surface area is 177 Å². The van der Waals surface area contributed by atoms with Gasteiger partial charge in [-0.2, -0.15) is 0 Å². The summed E-state index contributed by atoms with van der Waals surface area (Å²) >= 11 is 0. The van der Waals surface area contributed by atoms with Crippen molar-refractivity contribution in [1.29, 1.82) is 0 Å². The summed E-state index contributed by atoms with van der Waals surface area (Å²) in [6.07, 6.45) is 2.07. The Morgan fingerprint density at radius 3 is 2.37 bits per heavy atom. The number of benzene rings is 2. The Bertz CT molecular complexity index is 1050. The van der Waals surface area contributed by atoms with Gasteiger partial charge in [0.25, 0.3) is 10.0 Å². The number of anilines is 3. The van der Waals surface area contributed by atoms with Gasteiger partial charge < -0.3 is 10.2 Å². The Kier molecular flexibility index (Phi) is 6.45. The van der Waals surface area contributed by atoms with Crippen LogP contribution >= 0.6 is 0 Å². The fourth-order valence-electron chi connectivity index (χ4n) is 3.33. The standard InChI is InChI=1S/C22H27N3O4S/c1-4-21(26)25-13-5-6-16-14-18(9-12-20(16)25)24-30(28,29)19-10-7-17(8-11-19)23-22(27)15(2)3/h7-12,14-15,24H,4-6,13H2,1-3H3,(H,23,27). The Morgan fingerprint density at radius 1 is 1.07 bits per heavy atom. The minimum absolute atomic E-state index is 0.0638. The van der Waals surface area contributed by atoms with Gasteiger partial charge in [0.2, 0.25) is 11.8 Å². The molecule has 0 fully saturated rings. The maximum atomic E-state index is 12.8. The second kappa shape index (κ2) is 8.87. The molecule has 0 unspecified atom stereocenters. The third-order valence-corrected chi connectivity index (χ3v) is 6.41. The van der Waals surface area contributed by atoms with Crippen LogP contribution in [0.5, 0.6) is 0 Å². The molecule has 3 rings (SSSR count). The number of carbonyl (C=O) groups is 2. The van der Waals surface area contributed by atoms with Gasteiger partial charge in [0, 0.05) is 35.9 Å². The van der Waals surface area contributed by atoms with Crippen molar-refractivity contribution in [3.63, 3.8) is 0 Å². The van der Waals surface area contributed by atoms with Crippen LogP contribution in [-0.4, -0.2) is 26.8 Å². The molecule has 8 heteroatoms. The van der Waals surface area contributed by atoms with Crippen LogP contribution in [0.15, 0.2) is 47.4 Å². The van der Waals surface area contributed by atoms with Crippen LogP contribution in [0.25, 0.3) is 0 Å². The first-order chi connectivity index (χ1) is 14.2. The number of fused-ring (bicyclic) bond motifs is 1. The summed E-state index contributed by atoms with van der Waals surface area (Å²) in [5.41, 5.74) is 2.80. The molecule has 2 aromatic rings. The summed E-state index contributed by atoms with van der Waals surface area (Å²) in [7, 11) is -3.78. The molecule has 0 aromatic heterocycles. The summed E-state index contributed by atoms with van der Waals surface area (Å²) in [6.45, 7) is 6.09. The van der Waals surface area contributed by atoms with Crippen LogP contribution in [0.3, 0.4) is 0 Å². The van der Waals surface area contributed by atoms with E-state index in [-0.39, 0.29) is 22.6 Å². The van der Waals surface area contributed by atoms with Gasteiger partial charge in [-0.1, -0.05) is 20.8 Å². The monoisotopic (exact) mass is 429 g/mol. The third-order valence-electron chi connectivity index (χ3n) is 5.01. The van der Waals surface area contributed by atoms with Crippen LogP contribution in [0.4, 0.5) is 17.1 Å². The van der Waals surface area contributed by atoms with Crippen LogP contribution in [0.1, 0.15) is 39.2 Å². The first-order valence-electron chi connectivity index (χ1n) is 10.1. The molecule has 160 valence electrons. The molecule has 2 aromatic carbocycles. The molecule has 0 saturated carbocycles. The van der Waals surface area contributed by atoms with Crippen molar-refractivity contribution in [2.75, 3.05) is 21.5 Å². The molecule has 30 heavy (non-hydrogen) atoms. The Balaban J connectivity index is 1.77. The smallest absolute Gasteiger partial charge is 0.261 e. The lowest BCUT2D eigenvalue weighted by atomic mass is 10.0. The fourth-order valence-corrected chi connectivity index (χ4v) is 4.38. The van der Waals surface area contributed by atoms with Gasteiger partial charge in [-0.3, -0.25) is 14.3 Å². The zero-order valence-corrected chi connectivity index (χ0v) is 18.3. The normalized spacial score (nSPS) is 13.7. The molecule has 2 N–H and O–H groups in total. The molecule has 0 saturated heterocycles. The highest BCUT2D eigenvalue weighted by atomic mass is 32.2. The summed E-state index contributed by atoms with van der Waals surface area (Å²) in [5.74, 6) is -0.232. The highest BCUT2D eigenvalue weighted by molar-refractivity contribution is 7.92. The van der Waals surface area contributed by atoms with Crippen molar-refractivity contribution in [3.05, 3.63) is 48.0 Å². The van der Waals surface area contributed by atoms with Gasteiger partial charge in [-0.05, 0) is 60.9 Å². The Morgan fingerprint density at radius 2 is 1.73 bits per heavy atom. The first-order valence-corrected chi connectivity index (χ1v) is 11.6. The van der Waals surface area contributed by atoms with Crippen LogP contribution in [0, 0.1) is 5.92 Å². The molecule has 0 radical (unpaired) electrons. The van der Waals surface area contributed by atoms with Gasteiger partial charge in [0.05, 0.1) is 4.90 Å². The summed E-state index contributed by atoms with van der Waals surface area (Å²) in [4.78, 5) is 25.8. The zero-order chi connectivity index (χ0) is 21.9. The second-order valence-electron chi connectivity index (χ2n) is 7.62. The van der Waals surface area contributed by atoms with E-state index in [4.69, 9.17) is 0 Å². The number of hydrogen-bond acceptors (Lipinski definition) is 4. The second-order valence-corrected chi connectivity index (χ2v) is 9.30. The largest absolute Gasteiger partial charge is 0.326 e. The van der Waals surface area contributed by atoms with Gasteiger partial charge in [0.15, 0.2) is 0 Å². The number of hydrogen-bond donors (Lipinski definition) is 2. The van der Waals surface area contributed by atoms with Crippen molar-refractivity contribution in [2.45, 2.75) is 44.9 Å². The van der Waals surface area contributed by atoms with Crippen molar-refractivity contribution in [2.24, 2.45) is 5.92 Å². The summed E-state index contributed by atoms with van der Waals surface area (Å²) < 4.78 is 28.1. The lowest BCUT2D eigenvalue weighted by Gasteiger charge is -2.29. The summed E-state index contributed by atoms with van der Waals surface area (Å²) in [6, 6.07) is 11.3. The average Bonchev–Trinajstić information content (AvgIpc) is 2.72. The van der Waals surface area contributed by atoms with E-state index in [2.05, 4.69) is 10.0 Å². The van der Waals surface area contributed by atoms with Crippen LogP contribution in [0.2, 0.25) is 0 Å². The Hall–Kier alpha value is -2.87. The quantitative estimate of drug-likeness (QED) is 0.731. The molecule has 0 atom stereocenters. The van der Waals surface area contributed by atoms with Crippen LogP contribution in [-0.2, 0) is 26.0 Å². The van der Waals surface area contributed by atoms with Gasteiger partial charge in [-0.25, -0.2) is 8.42 Å². The maximum Gasteiger partial charge on any atom is 0.261 e. The van der Waals surface area contributed by atoms with Gasteiger partial charge >= 0.3 is 0 Å². The highest BCUT2D eigenvalue weighted by Crippen LogP contribution is 2.31. The van der Waals surface area contributed by atoms with Crippen molar-refractivity contribution < 1.29 is 18.0 Å². The topological polar surface area (TPSA) is 95.6 Å². The van der Waals surface area contributed by atoms with E-state index >= 15 is 0 Å². The van der Waals surface area contributed by atoms with Gasteiger partial charge in [-0.15, -0.1) is 0 Å². The van der Waals surface area contributed by atoms with E-state index in [1.165, 1.54) is 12.1 Å². The average molecular weight is 430 g/mol. The van der Waals surface area contributed by atoms with E-state index in [9.17, 15) is 18.0 Å². The molecular formula is C22H27N3O4S. The molecule has 1 aliphatic heterocycles. The minimum Gasteiger partial charge on any atom is -0.326 e. The number of sulfonamides is 1.